The van der Waals surface area contributed by atoms with Crippen molar-refractivity contribution in [1.82, 2.24) is 0 Å². The molecule has 0 atom stereocenters. The summed E-state index contributed by atoms with van der Waals surface area (Å²) < 4.78 is 83.5. The van der Waals surface area contributed by atoms with Crippen molar-refractivity contribution >= 4 is 0 Å². The molecule has 0 bridgehead atoms. The van der Waals surface area contributed by atoms with Crippen LogP contribution < -0.4 is 4.74 Å². The average Bonchev–Trinajstić information content (AvgIpc) is 2.77. The number of alkyl halides is 6. The highest BCUT2D eigenvalue weighted by molar-refractivity contribution is 5.50. The van der Waals surface area contributed by atoms with Gasteiger partial charge in [-0.05, 0) is 73.4 Å². The van der Waals surface area contributed by atoms with Gasteiger partial charge in [-0.15, -0.1) is 0 Å². The standard InChI is InChI=1S/C27H30F6O2/c1-6-15-35-23-12-11-22(17-19(23)5)24(7-2,8-3)21-10-9-20(18(4)16-21)13-14-25(34,26(28,29)30)27(31,32)33/h9-12,16-17,34H,6-8,15H2,1-5H3. The molecule has 2 aromatic carbocycles. The molecule has 2 rings (SSSR count). The Labute approximate surface area is 202 Å². The van der Waals surface area contributed by atoms with Crippen LogP contribution in [0.4, 0.5) is 26.3 Å². The van der Waals surface area contributed by atoms with E-state index >= 15 is 0 Å². The maximum atomic E-state index is 13.0. The summed E-state index contributed by atoms with van der Waals surface area (Å²) in [5.41, 5.74) is -2.28. The van der Waals surface area contributed by atoms with Crippen LogP contribution in [0.1, 0.15) is 67.9 Å². The van der Waals surface area contributed by atoms with Gasteiger partial charge in [0, 0.05) is 11.0 Å². The molecular formula is C27H30F6O2. The molecule has 0 heterocycles. The Morgan fingerprint density at radius 1 is 0.800 bits per heavy atom. The third-order valence-corrected chi connectivity index (χ3v) is 6.37. The summed E-state index contributed by atoms with van der Waals surface area (Å²) in [5.74, 6) is 3.72. The van der Waals surface area contributed by atoms with Crippen molar-refractivity contribution in [2.24, 2.45) is 0 Å². The van der Waals surface area contributed by atoms with Gasteiger partial charge < -0.3 is 9.84 Å². The summed E-state index contributed by atoms with van der Waals surface area (Å²) in [6.07, 6.45) is -9.67. The van der Waals surface area contributed by atoms with Crippen LogP contribution in [0.2, 0.25) is 0 Å². The summed E-state index contributed by atoms with van der Waals surface area (Å²) in [6, 6.07) is 10.8. The van der Waals surface area contributed by atoms with E-state index in [4.69, 9.17) is 4.74 Å². The van der Waals surface area contributed by atoms with Gasteiger partial charge in [0.1, 0.15) is 5.75 Å². The monoisotopic (exact) mass is 500 g/mol. The van der Waals surface area contributed by atoms with Crippen LogP contribution in [0.3, 0.4) is 0 Å². The summed E-state index contributed by atoms with van der Waals surface area (Å²) in [7, 11) is 0. The molecule has 0 unspecified atom stereocenters. The molecule has 0 saturated carbocycles. The van der Waals surface area contributed by atoms with Crippen molar-refractivity contribution in [1.29, 1.82) is 0 Å². The molecule has 0 fully saturated rings. The lowest BCUT2D eigenvalue weighted by molar-refractivity contribution is -0.343. The van der Waals surface area contributed by atoms with Crippen molar-refractivity contribution in [2.45, 2.75) is 77.2 Å². The van der Waals surface area contributed by atoms with Crippen molar-refractivity contribution in [2.75, 3.05) is 6.61 Å². The third kappa shape index (κ3) is 5.61. The number of benzene rings is 2. The van der Waals surface area contributed by atoms with Gasteiger partial charge in [-0.1, -0.05) is 51.0 Å². The Morgan fingerprint density at radius 2 is 1.31 bits per heavy atom. The third-order valence-electron chi connectivity index (χ3n) is 6.37. The second-order valence-electron chi connectivity index (χ2n) is 8.60. The highest BCUT2D eigenvalue weighted by atomic mass is 19.4. The fourth-order valence-corrected chi connectivity index (χ4v) is 4.12. The Kier molecular flexibility index (Phi) is 8.60. The average molecular weight is 501 g/mol. The largest absolute Gasteiger partial charge is 0.493 e. The molecule has 0 aromatic heterocycles. The lowest BCUT2D eigenvalue weighted by Crippen LogP contribution is -2.55. The van der Waals surface area contributed by atoms with Gasteiger partial charge in [-0.3, -0.25) is 0 Å². The van der Waals surface area contributed by atoms with E-state index in [9.17, 15) is 31.4 Å². The summed E-state index contributed by atoms with van der Waals surface area (Å²) in [6.45, 7) is 10.2. The molecule has 0 radical (unpaired) electrons. The van der Waals surface area contributed by atoms with E-state index in [-0.39, 0.29) is 5.56 Å². The van der Waals surface area contributed by atoms with Gasteiger partial charge in [-0.2, -0.15) is 26.3 Å². The van der Waals surface area contributed by atoms with Crippen LogP contribution in [0.25, 0.3) is 0 Å². The van der Waals surface area contributed by atoms with E-state index in [1.54, 1.807) is 19.1 Å². The molecule has 0 aliphatic carbocycles. The summed E-state index contributed by atoms with van der Waals surface area (Å²) in [4.78, 5) is 0. The second-order valence-corrected chi connectivity index (χ2v) is 8.60. The number of aliphatic hydroxyl groups is 1. The zero-order chi connectivity index (χ0) is 26.7. The molecule has 0 aliphatic rings. The van der Waals surface area contributed by atoms with Crippen LogP contribution in [0, 0.1) is 25.7 Å². The Bertz CT molecular complexity index is 1070. The highest BCUT2D eigenvalue weighted by Crippen LogP contribution is 2.43. The predicted molar refractivity (Wildman–Crippen MR) is 123 cm³/mol. The lowest BCUT2D eigenvalue weighted by atomic mass is 9.70. The van der Waals surface area contributed by atoms with Gasteiger partial charge in [0.25, 0.3) is 0 Å². The van der Waals surface area contributed by atoms with Crippen LogP contribution >= 0.6 is 0 Å². The number of halogens is 6. The second kappa shape index (κ2) is 10.5. The number of aryl methyl sites for hydroxylation is 2. The number of hydrogen-bond donors (Lipinski definition) is 1. The van der Waals surface area contributed by atoms with E-state index in [0.717, 1.165) is 34.8 Å². The predicted octanol–water partition coefficient (Wildman–Crippen LogP) is 7.41. The molecule has 192 valence electrons. The van der Waals surface area contributed by atoms with Crippen molar-refractivity contribution < 1.29 is 36.2 Å². The topological polar surface area (TPSA) is 29.5 Å². The maximum Gasteiger partial charge on any atom is 0.438 e. The van der Waals surface area contributed by atoms with E-state index in [0.29, 0.717) is 25.0 Å². The number of ether oxygens (including phenoxy) is 1. The van der Waals surface area contributed by atoms with Crippen LogP contribution in [-0.2, 0) is 5.41 Å². The van der Waals surface area contributed by atoms with E-state index in [1.807, 2.05) is 51.8 Å². The van der Waals surface area contributed by atoms with Gasteiger partial charge >= 0.3 is 18.0 Å². The van der Waals surface area contributed by atoms with E-state index in [2.05, 4.69) is 0 Å². The van der Waals surface area contributed by atoms with E-state index < -0.39 is 23.4 Å². The Hall–Kier alpha value is -2.66. The molecule has 0 spiro atoms. The summed E-state index contributed by atoms with van der Waals surface area (Å²) >= 11 is 0. The molecule has 0 saturated heterocycles. The first-order chi connectivity index (χ1) is 16.2. The first-order valence-electron chi connectivity index (χ1n) is 11.4. The van der Waals surface area contributed by atoms with Gasteiger partial charge in [0.15, 0.2) is 0 Å². The maximum absolute atomic E-state index is 13.0. The van der Waals surface area contributed by atoms with Crippen molar-refractivity contribution in [3.8, 4) is 17.6 Å². The molecular weight excluding hydrogens is 470 g/mol. The molecule has 2 aromatic rings. The highest BCUT2D eigenvalue weighted by Gasteiger charge is 2.70. The minimum atomic E-state index is -5.99. The molecule has 8 heteroatoms. The van der Waals surface area contributed by atoms with Gasteiger partial charge in [-0.25, -0.2) is 0 Å². The number of rotatable bonds is 7. The first-order valence-corrected chi connectivity index (χ1v) is 11.4. The van der Waals surface area contributed by atoms with Crippen LogP contribution in [-0.4, -0.2) is 29.7 Å². The molecule has 35 heavy (non-hydrogen) atoms. The smallest absolute Gasteiger partial charge is 0.438 e. The first kappa shape index (κ1) is 28.6. The minimum Gasteiger partial charge on any atom is -0.493 e. The molecule has 2 nitrogen and oxygen atoms in total. The SMILES string of the molecule is CCCOc1ccc(C(CC)(CC)c2ccc(C#CC(O)(C(F)(F)F)C(F)(F)F)c(C)c2)cc1C. The number of hydrogen-bond acceptors (Lipinski definition) is 2. The fourth-order valence-electron chi connectivity index (χ4n) is 4.12. The Balaban J connectivity index is 2.54. The lowest BCUT2D eigenvalue weighted by Gasteiger charge is -2.34. The van der Waals surface area contributed by atoms with Crippen molar-refractivity contribution in [3.63, 3.8) is 0 Å². The summed E-state index contributed by atoms with van der Waals surface area (Å²) in [5, 5.41) is 9.31. The fraction of sp³-hybridized carbons (Fsp3) is 0.481. The minimum absolute atomic E-state index is 0.0266. The zero-order valence-electron chi connectivity index (χ0n) is 20.4. The van der Waals surface area contributed by atoms with E-state index in [1.165, 1.54) is 6.07 Å². The normalized spacial score (nSPS) is 12.8. The molecule has 0 amide bonds. The Morgan fingerprint density at radius 3 is 1.74 bits per heavy atom. The zero-order valence-corrected chi connectivity index (χ0v) is 20.4. The van der Waals surface area contributed by atoms with Gasteiger partial charge in [0.05, 0.1) is 6.61 Å². The van der Waals surface area contributed by atoms with Crippen LogP contribution in [0.15, 0.2) is 36.4 Å². The molecule has 1 N–H and O–H groups in total. The van der Waals surface area contributed by atoms with Crippen molar-refractivity contribution in [3.05, 3.63) is 64.2 Å². The van der Waals surface area contributed by atoms with Crippen LogP contribution in [0.5, 0.6) is 5.75 Å². The molecule has 0 aliphatic heterocycles. The quantitative estimate of drug-likeness (QED) is 0.317. The van der Waals surface area contributed by atoms with Gasteiger partial charge in [0.2, 0.25) is 0 Å².